The molecule has 0 spiro atoms. The van der Waals surface area contributed by atoms with Crippen molar-refractivity contribution in [2.45, 2.75) is 64.1 Å². The standard InChI is InChI=1S/C15H26N4/c1-2-18-8-4-3-6-12(18)10-15-17-11-14-13(16)7-5-9-19(14)15/h11-13H,2-10,16H2,1H3. The molecule has 1 saturated heterocycles. The molecule has 2 unspecified atom stereocenters. The minimum absolute atomic E-state index is 0.198. The van der Waals surface area contributed by atoms with Gasteiger partial charge in [0.15, 0.2) is 0 Å². The zero-order valence-electron chi connectivity index (χ0n) is 12.0. The molecule has 3 rings (SSSR count). The van der Waals surface area contributed by atoms with E-state index in [2.05, 4.69) is 21.4 Å². The smallest absolute Gasteiger partial charge is 0.110 e. The molecule has 4 heteroatoms. The van der Waals surface area contributed by atoms with Gasteiger partial charge in [-0.1, -0.05) is 13.3 Å². The van der Waals surface area contributed by atoms with Crippen molar-refractivity contribution in [1.82, 2.24) is 14.5 Å². The third-order valence-electron chi connectivity index (χ3n) is 4.82. The molecule has 3 heterocycles. The molecule has 0 amide bonds. The van der Waals surface area contributed by atoms with Gasteiger partial charge in [0.1, 0.15) is 5.82 Å². The number of likely N-dealkylation sites (tertiary alicyclic amines) is 1. The molecule has 1 aromatic rings. The third-order valence-corrected chi connectivity index (χ3v) is 4.82. The Morgan fingerprint density at radius 3 is 3.00 bits per heavy atom. The van der Waals surface area contributed by atoms with Crippen molar-refractivity contribution >= 4 is 0 Å². The van der Waals surface area contributed by atoms with Crippen LogP contribution in [-0.4, -0.2) is 33.6 Å². The lowest BCUT2D eigenvalue weighted by Crippen LogP contribution is -2.41. The summed E-state index contributed by atoms with van der Waals surface area (Å²) in [5.74, 6) is 1.26. The van der Waals surface area contributed by atoms with Crippen LogP contribution >= 0.6 is 0 Å². The molecule has 0 saturated carbocycles. The molecule has 2 aliphatic rings. The Labute approximate surface area is 116 Å². The van der Waals surface area contributed by atoms with Gasteiger partial charge in [0, 0.05) is 25.0 Å². The van der Waals surface area contributed by atoms with Gasteiger partial charge in [-0.05, 0) is 38.8 Å². The molecule has 1 aromatic heterocycles. The van der Waals surface area contributed by atoms with E-state index in [9.17, 15) is 0 Å². The Hall–Kier alpha value is -0.870. The minimum atomic E-state index is 0.198. The largest absolute Gasteiger partial charge is 0.331 e. The number of piperidine rings is 1. The number of nitrogens with zero attached hydrogens (tertiary/aromatic N) is 3. The van der Waals surface area contributed by atoms with Crippen LogP contribution in [0.3, 0.4) is 0 Å². The van der Waals surface area contributed by atoms with E-state index in [1.165, 1.54) is 43.7 Å². The predicted octanol–water partition coefficient (Wildman–Crippen LogP) is 2.09. The minimum Gasteiger partial charge on any atom is -0.331 e. The summed E-state index contributed by atoms with van der Waals surface area (Å²) in [5, 5.41) is 0. The number of rotatable bonds is 3. The summed E-state index contributed by atoms with van der Waals surface area (Å²) in [6, 6.07) is 0.882. The van der Waals surface area contributed by atoms with E-state index < -0.39 is 0 Å². The molecule has 2 atom stereocenters. The van der Waals surface area contributed by atoms with Crippen molar-refractivity contribution in [1.29, 1.82) is 0 Å². The van der Waals surface area contributed by atoms with Crippen LogP contribution in [0, 0.1) is 0 Å². The van der Waals surface area contributed by atoms with Gasteiger partial charge in [-0.3, -0.25) is 0 Å². The fraction of sp³-hybridized carbons (Fsp3) is 0.800. The highest BCUT2D eigenvalue weighted by Crippen LogP contribution is 2.26. The number of hydrogen-bond acceptors (Lipinski definition) is 3. The first-order valence-corrected chi connectivity index (χ1v) is 7.83. The molecule has 106 valence electrons. The fourth-order valence-electron chi connectivity index (χ4n) is 3.68. The van der Waals surface area contributed by atoms with E-state index in [-0.39, 0.29) is 6.04 Å². The summed E-state index contributed by atoms with van der Waals surface area (Å²) in [6.45, 7) is 5.80. The van der Waals surface area contributed by atoms with Gasteiger partial charge in [-0.2, -0.15) is 0 Å². The van der Waals surface area contributed by atoms with Crippen molar-refractivity contribution in [3.8, 4) is 0 Å². The summed E-state index contributed by atoms with van der Waals surface area (Å²) in [6.07, 6.45) is 9.46. The van der Waals surface area contributed by atoms with Crippen LogP contribution < -0.4 is 5.73 Å². The van der Waals surface area contributed by atoms with Crippen molar-refractivity contribution in [3.05, 3.63) is 17.7 Å². The lowest BCUT2D eigenvalue weighted by molar-refractivity contribution is 0.152. The zero-order valence-corrected chi connectivity index (χ0v) is 12.0. The van der Waals surface area contributed by atoms with E-state index in [1.54, 1.807) is 0 Å². The van der Waals surface area contributed by atoms with Gasteiger partial charge in [0.05, 0.1) is 11.9 Å². The van der Waals surface area contributed by atoms with Gasteiger partial charge in [-0.25, -0.2) is 4.98 Å². The highest BCUT2D eigenvalue weighted by molar-refractivity contribution is 5.13. The van der Waals surface area contributed by atoms with Crippen molar-refractivity contribution in [2.75, 3.05) is 13.1 Å². The summed E-state index contributed by atoms with van der Waals surface area (Å²) in [4.78, 5) is 7.29. The van der Waals surface area contributed by atoms with Crippen molar-refractivity contribution in [2.24, 2.45) is 5.73 Å². The Morgan fingerprint density at radius 2 is 2.16 bits per heavy atom. The predicted molar refractivity (Wildman–Crippen MR) is 77.0 cm³/mol. The molecular weight excluding hydrogens is 236 g/mol. The maximum absolute atomic E-state index is 6.18. The zero-order chi connectivity index (χ0) is 13.2. The topological polar surface area (TPSA) is 47.1 Å². The van der Waals surface area contributed by atoms with Crippen LogP contribution in [0.15, 0.2) is 6.20 Å². The highest BCUT2D eigenvalue weighted by Gasteiger charge is 2.25. The van der Waals surface area contributed by atoms with Crippen LogP contribution in [0.1, 0.15) is 56.6 Å². The Bertz CT molecular complexity index is 426. The Morgan fingerprint density at radius 1 is 1.26 bits per heavy atom. The molecule has 0 bridgehead atoms. The summed E-state index contributed by atoms with van der Waals surface area (Å²) < 4.78 is 2.39. The molecular formula is C15H26N4. The number of hydrogen-bond donors (Lipinski definition) is 1. The quantitative estimate of drug-likeness (QED) is 0.907. The molecule has 19 heavy (non-hydrogen) atoms. The van der Waals surface area contributed by atoms with E-state index in [0.717, 1.165) is 25.9 Å². The molecule has 0 radical (unpaired) electrons. The average molecular weight is 262 g/mol. The summed E-state index contributed by atoms with van der Waals surface area (Å²) in [7, 11) is 0. The van der Waals surface area contributed by atoms with Crippen LogP contribution in [0.2, 0.25) is 0 Å². The molecule has 0 aliphatic carbocycles. The Balaban J connectivity index is 1.76. The van der Waals surface area contributed by atoms with Crippen molar-refractivity contribution in [3.63, 3.8) is 0 Å². The molecule has 4 nitrogen and oxygen atoms in total. The second-order valence-corrected chi connectivity index (χ2v) is 5.98. The van der Waals surface area contributed by atoms with E-state index in [4.69, 9.17) is 5.73 Å². The number of nitrogens with two attached hydrogens (primary N) is 1. The third kappa shape index (κ3) is 2.56. The number of fused-ring (bicyclic) bond motifs is 1. The lowest BCUT2D eigenvalue weighted by atomic mass is 9.98. The van der Waals surface area contributed by atoms with E-state index >= 15 is 0 Å². The number of likely N-dealkylation sites (N-methyl/N-ethyl adjacent to an activating group) is 1. The first kappa shape index (κ1) is 13.1. The van der Waals surface area contributed by atoms with E-state index in [0.29, 0.717) is 6.04 Å². The average Bonchev–Trinajstić information content (AvgIpc) is 2.84. The van der Waals surface area contributed by atoms with Crippen LogP contribution in [0.5, 0.6) is 0 Å². The summed E-state index contributed by atoms with van der Waals surface area (Å²) in [5.41, 5.74) is 7.43. The normalized spacial score (nSPS) is 28.3. The SMILES string of the molecule is CCN1CCCCC1Cc1ncc2n1CCCC2N. The fourth-order valence-corrected chi connectivity index (χ4v) is 3.68. The first-order chi connectivity index (χ1) is 9.29. The van der Waals surface area contributed by atoms with Crippen molar-refractivity contribution < 1.29 is 0 Å². The molecule has 2 N–H and O–H groups in total. The maximum Gasteiger partial charge on any atom is 0.110 e. The Kier molecular flexibility index (Phi) is 3.89. The second-order valence-electron chi connectivity index (χ2n) is 5.98. The highest BCUT2D eigenvalue weighted by atomic mass is 15.2. The van der Waals surface area contributed by atoms with E-state index in [1.807, 2.05) is 6.20 Å². The van der Waals surface area contributed by atoms with Crippen LogP contribution in [-0.2, 0) is 13.0 Å². The van der Waals surface area contributed by atoms with Gasteiger partial charge in [0.2, 0.25) is 0 Å². The van der Waals surface area contributed by atoms with Gasteiger partial charge in [-0.15, -0.1) is 0 Å². The number of aromatic nitrogens is 2. The summed E-state index contributed by atoms with van der Waals surface area (Å²) >= 11 is 0. The molecule has 1 fully saturated rings. The maximum atomic E-state index is 6.18. The number of imidazole rings is 1. The monoisotopic (exact) mass is 262 g/mol. The second kappa shape index (κ2) is 5.63. The van der Waals surface area contributed by atoms with Crippen LogP contribution in [0.25, 0.3) is 0 Å². The molecule has 0 aromatic carbocycles. The first-order valence-electron chi connectivity index (χ1n) is 7.83. The van der Waals surface area contributed by atoms with Gasteiger partial charge >= 0.3 is 0 Å². The van der Waals surface area contributed by atoms with Crippen LogP contribution in [0.4, 0.5) is 0 Å². The molecule has 2 aliphatic heterocycles. The lowest BCUT2D eigenvalue weighted by Gasteiger charge is -2.35. The van der Waals surface area contributed by atoms with Gasteiger partial charge < -0.3 is 15.2 Å². The van der Waals surface area contributed by atoms with Gasteiger partial charge in [0.25, 0.3) is 0 Å².